The van der Waals surface area contributed by atoms with Gasteiger partial charge in [-0.2, -0.15) is 0 Å². The van der Waals surface area contributed by atoms with E-state index in [1.165, 1.54) is 63.4 Å². The molecular formula is C27H42O. The monoisotopic (exact) mass is 382 g/mol. The molecular weight excluding hydrogens is 340 g/mol. The first kappa shape index (κ1) is 20.4. The van der Waals surface area contributed by atoms with Gasteiger partial charge < -0.3 is 0 Å². The van der Waals surface area contributed by atoms with E-state index in [0.717, 1.165) is 17.8 Å². The van der Waals surface area contributed by atoms with Crippen molar-refractivity contribution in [3.05, 3.63) is 23.8 Å². The molecule has 0 unspecified atom stereocenters. The minimum Gasteiger partial charge on any atom is -0.295 e. The standard InChI is InChI=1S/C27H42O/c1-18(2)9-8-10-19(3)21-12-13-22-25-23(14-16-27(21,22)5)26(4)15-7-6-11-20(26)17-24(25)28/h6,11,17-19,21-23,25H,7-10,12-16H2,1-5H3/t19-,21+,22-,23-,25-,26-,27+/m0/s1. The van der Waals surface area contributed by atoms with Crippen molar-refractivity contribution in [1.29, 1.82) is 0 Å². The van der Waals surface area contributed by atoms with Crippen LogP contribution < -0.4 is 0 Å². The Labute approximate surface area is 173 Å². The number of hydrogen-bond donors (Lipinski definition) is 0. The highest BCUT2D eigenvalue weighted by Gasteiger charge is 2.60. The lowest BCUT2D eigenvalue weighted by Crippen LogP contribution is -2.52. The summed E-state index contributed by atoms with van der Waals surface area (Å²) in [4.78, 5) is 13.3. The highest BCUT2D eigenvalue weighted by Crippen LogP contribution is 2.66. The molecule has 0 amide bonds. The quantitative estimate of drug-likeness (QED) is 0.485. The fraction of sp³-hybridized carbons (Fsp3) is 0.815. The van der Waals surface area contributed by atoms with Gasteiger partial charge in [0.25, 0.3) is 0 Å². The third-order valence-electron chi connectivity index (χ3n) is 9.70. The van der Waals surface area contributed by atoms with Gasteiger partial charge in [-0.15, -0.1) is 0 Å². The highest BCUT2D eigenvalue weighted by molar-refractivity contribution is 5.95. The molecule has 4 aliphatic rings. The minimum absolute atomic E-state index is 0.246. The summed E-state index contributed by atoms with van der Waals surface area (Å²) in [6, 6.07) is 0. The van der Waals surface area contributed by atoms with Gasteiger partial charge in [0, 0.05) is 5.92 Å². The molecule has 2 saturated carbocycles. The average Bonchev–Trinajstić information content (AvgIpc) is 2.99. The van der Waals surface area contributed by atoms with Crippen LogP contribution in [0, 0.1) is 46.3 Å². The lowest BCUT2D eigenvalue weighted by molar-refractivity contribution is -0.133. The van der Waals surface area contributed by atoms with Gasteiger partial charge in [0.1, 0.15) is 0 Å². The maximum absolute atomic E-state index is 13.3. The first-order chi connectivity index (χ1) is 13.3. The number of hydrogen-bond acceptors (Lipinski definition) is 1. The van der Waals surface area contributed by atoms with Crippen LogP contribution in [-0.4, -0.2) is 5.78 Å². The summed E-state index contributed by atoms with van der Waals surface area (Å²) in [6.45, 7) is 12.2. The molecule has 4 aliphatic carbocycles. The number of carbonyl (C=O) groups is 1. The lowest BCUT2D eigenvalue weighted by Gasteiger charge is -2.56. The van der Waals surface area contributed by atoms with Crippen LogP contribution in [0.15, 0.2) is 23.8 Å². The summed E-state index contributed by atoms with van der Waals surface area (Å²) in [5.74, 6) is 4.42. The summed E-state index contributed by atoms with van der Waals surface area (Å²) < 4.78 is 0. The lowest BCUT2D eigenvalue weighted by atomic mass is 9.47. The summed E-state index contributed by atoms with van der Waals surface area (Å²) in [5, 5.41) is 0. The first-order valence-electron chi connectivity index (χ1n) is 12.2. The van der Waals surface area contributed by atoms with Gasteiger partial charge in [-0.05, 0) is 90.6 Å². The van der Waals surface area contributed by atoms with Crippen molar-refractivity contribution < 1.29 is 4.79 Å². The Balaban J connectivity index is 1.55. The zero-order chi connectivity index (χ0) is 20.1. The molecule has 0 spiro atoms. The highest BCUT2D eigenvalue weighted by atomic mass is 16.1. The van der Waals surface area contributed by atoms with Crippen molar-refractivity contribution in [3.63, 3.8) is 0 Å². The zero-order valence-corrected chi connectivity index (χ0v) is 19.0. The van der Waals surface area contributed by atoms with E-state index in [1.54, 1.807) is 0 Å². The molecule has 0 bridgehead atoms. The summed E-state index contributed by atoms with van der Waals surface area (Å²) in [6.07, 6.45) is 18.4. The Kier molecular flexibility index (Phi) is 5.43. The van der Waals surface area contributed by atoms with Gasteiger partial charge in [-0.25, -0.2) is 0 Å². The molecule has 28 heavy (non-hydrogen) atoms. The van der Waals surface area contributed by atoms with E-state index < -0.39 is 0 Å². The van der Waals surface area contributed by atoms with Gasteiger partial charge in [-0.3, -0.25) is 4.79 Å². The predicted octanol–water partition coefficient (Wildman–Crippen LogP) is 7.37. The predicted molar refractivity (Wildman–Crippen MR) is 118 cm³/mol. The smallest absolute Gasteiger partial charge is 0.159 e. The van der Waals surface area contributed by atoms with Crippen LogP contribution in [0.5, 0.6) is 0 Å². The van der Waals surface area contributed by atoms with Crippen LogP contribution in [-0.2, 0) is 4.79 Å². The van der Waals surface area contributed by atoms with E-state index in [1.807, 2.05) is 0 Å². The molecule has 1 nitrogen and oxygen atoms in total. The largest absolute Gasteiger partial charge is 0.295 e. The summed E-state index contributed by atoms with van der Waals surface area (Å²) in [5.41, 5.74) is 1.97. The molecule has 156 valence electrons. The summed E-state index contributed by atoms with van der Waals surface area (Å²) in [7, 11) is 0. The van der Waals surface area contributed by atoms with Crippen LogP contribution in [0.1, 0.15) is 92.4 Å². The molecule has 4 rings (SSSR count). The number of fused-ring (bicyclic) bond motifs is 5. The van der Waals surface area contributed by atoms with Crippen LogP contribution in [0.25, 0.3) is 0 Å². The first-order valence-corrected chi connectivity index (χ1v) is 12.2. The molecule has 2 fully saturated rings. The Hall–Kier alpha value is -0.850. The Morgan fingerprint density at radius 1 is 1.04 bits per heavy atom. The van der Waals surface area contributed by atoms with Gasteiger partial charge in [0.15, 0.2) is 5.78 Å². The molecule has 0 heterocycles. The van der Waals surface area contributed by atoms with Gasteiger partial charge in [-0.1, -0.05) is 66.0 Å². The van der Waals surface area contributed by atoms with Crippen LogP contribution in [0.4, 0.5) is 0 Å². The Morgan fingerprint density at radius 3 is 2.57 bits per heavy atom. The number of rotatable bonds is 5. The van der Waals surface area contributed by atoms with Crippen LogP contribution >= 0.6 is 0 Å². The Bertz CT molecular complexity index is 670. The second-order valence-corrected chi connectivity index (χ2v) is 11.6. The SMILES string of the molecule is CC(C)CCC[C@H](C)[C@H]1CC[C@H]2[C@@H]3C(=O)C=C4C=CCC[C@]4(C)[C@H]3CC[C@]12C. The topological polar surface area (TPSA) is 17.1 Å². The third kappa shape index (κ3) is 3.16. The fourth-order valence-electron chi connectivity index (χ4n) is 8.07. The fourth-order valence-corrected chi connectivity index (χ4v) is 8.07. The minimum atomic E-state index is 0.246. The molecule has 0 N–H and O–H groups in total. The maximum atomic E-state index is 13.3. The molecule has 0 radical (unpaired) electrons. The van der Waals surface area contributed by atoms with E-state index in [-0.39, 0.29) is 5.41 Å². The Morgan fingerprint density at radius 2 is 1.82 bits per heavy atom. The van der Waals surface area contributed by atoms with Crippen LogP contribution in [0.2, 0.25) is 0 Å². The van der Waals surface area contributed by atoms with Gasteiger partial charge >= 0.3 is 0 Å². The molecule has 0 saturated heterocycles. The van der Waals surface area contributed by atoms with Crippen molar-refractivity contribution in [3.8, 4) is 0 Å². The van der Waals surface area contributed by atoms with Crippen molar-refractivity contribution >= 4 is 5.78 Å². The van der Waals surface area contributed by atoms with Crippen molar-refractivity contribution in [2.45, 2.75) is 92.4 Å². The molecule has 0 aromatic carbocycles. The second kappa shape index (κ2) is 7.44. The van der Waals surface area contributed by atoms with Crippen LogP contribution in [0.3, 0.4) is 0 Å². The van der Waals surface area contributed by atoms with Crippen molar-refractivity contribution in [2.24, 2.45) is 46.3 Å². The normalized spacial score (nSPS) is 43.4. The molecule has 0 aromatic rings. The number of carbonyl (C=O) groups excluding carboxylic acids is 1. The number of allylic oxidation sites excluding steroid dienone is 4. The molecule has 7 atom stereocenters. The molecule has 0 aliphatic heterocycles. The average molecular weight is 383 g/mol. The van der Waals surface area contributed by atoms with E-state index in [0.29, 0.717) is 29.0 Å². The van der Waals surface area contributed by atoms with E-state index in [4.69, 9.17) is 0 Å². The van der Waals surface area contributed by atoms with Crippen molar-refractivity contribution in [2.75, 3.05) is 0 Å². The zero-order valence-electron chi connectivity index (χ0n) is 19.0. The van der Waals surface area contributed by atoms with E-state index in [2.05, 4.69) is 52.8 Å². The van der Waals surface area contributed by atoms with E-state index in [9.17, 15) is 4.79 Å². The third-order valence-corrected chi connectivity index (χ3v) is 9.70. The molecule has 0 aromatic heterocycles. The number of ketones is 1. The van der Waals surface area contributed by atoms with Gasteiger partial charge in [0.05, 0.1) is 0 Å². The molecule has 1 heteroatoms. The maximum Gasteiger partial charge on any atom is 0.159 e. The summed E-state index contributed by atoms with van der Waals surface area (Å²) >= 11 is 0. The van der Waals surface area contributed by atoms with Crippen molar-refractivity contribution in [1.82, 2.24) is 0 Å². The second-order valence-electron chi connectivity index (χ2n) is 11.6. The van der Waals surface area contributed by atoms with Gasteiger partial charge in [0.2, 0.25) is 0 Å². The van der Waals surface area contributed by atoms with E-state index >= 15 is 0 Å².